The summed E-state index contributed by atoms with van der Waals surface area (Å²) in [6, 6.07) is 12.3. The van der Waals surface area contributed by atoms with E-state index in [4.69, 9.17) is 4.52 Å². The molecular formula is C15H16N4O. The molecule has 20 heavy (non-hydrogen) atoms. The first-order valence-electron chi connectivity index (χ1n) is 6.66. The van der Waals surface area contributed by atoms with Crippen LogP contribution < -0.4 is 5.32 Å². The van der Waals surface area contributed by atoms with Crippen LogP contribution >= 0.6 is 0 Å². The van der Waals surface area contributed by atoms with Gasteiger partial charge in [0.15, 0.2) is 0 Å². The number of hydrogen-bond acceptors (Lipinski definition) is 5. The molecule has 1 N–H and O–H groups in total. The van der Waals surface area contributed by atoms with Crippen LogP contribution in [0.1, 0.15) is 13.8 Å². The fourth-order valence-electron chi connectivity index (χ4n) is 1.88. The molecule has 0 saturated carbocycles. The summed E-state index contributed by atoms with van der Waals surface area (Å²) in [5.41, 5.74) is 1.64. The van der Waals surface area contributed by atoms with Crippen LogP contribution in [0.25, 0.3) is 22.4 Å². The van der Waals surface area contributed by atoms with Gasteiger partial charge in [0.1, 0.15) is 5.69 Å². The number of pyridine rings is 1. The van der Waals surface area contributed by atoms with Crippen molar-refractivity contribution >= 4 is 16.9 Å². The lowest BCUT2D eigenvalue weighted by Gasteiger charge is -2.02. The molecule has 0 amide bonds. The first kappa shape index (κ1) is 12.6. The minimum absolute atomic E-state index is 0.434. The third kappa shape index (κ3) is 2.61. The lowest BCUT2D eigenvalue weighted by Crippen LogP contribution is -2.07. The van der Waals surface area contributed by atoms with Crippen LogP contribution in [0.15, 0.2) is 40.9 Å². The van der Waals surface area contributed by atoms with Crippen LogP contribution in [0.4, 0.5) is 6.01 Å². The predicted octanol–water partition coefficient (Wildman–Crippen LogP) is 3.35. The number of rotatable bonds is 4. The van der Waals surface area contributed by atoms with Crippen molar-refractivity contribution in [1.29, 1.82) is 0 Å². The number of fused-ring (bicyclic) bond motifs is 1. The molecule has 0 saturated heterocycles. The minimum Gasteiger partial charge on any atom is -0.337 e. The summed E-state index contributed by atoms with van der Waals surface area (Å²) in [4.78, 5) is 8.85. The van der Waals surface area contributed by atoms with Crippen molar-refractivity contribution in [2.24, 2.45) is 5.92 Å². The summed E-state index contributed by atoms with van der Waals surface area (Å²) in [6.45, 7) is 5.04. The van der Waals surface area contributed by atoms with Gasteiger partial charge in [0, 0.05) is 11.9 Å². The van der Waals surface area contributed by atoms with Gasteiger partial charge in [0.05, 0.1) is 5.52 Å². The Morgan fingerprint density at radius 1 is 1.10 bits per heavy atom. The molecule has 5 heteroatoms. The molecule has 0 bridgehead atoms. The van der Waals surface area contributed by atoms with Gasteiger partial charge in [0.2, 0.25) is 5.82 Å². The maximum absolute atomic E-state index is 5.17. The lowest BCUT2D eigenvalue weighted by molar-refractivity contribution is 0.429. The summed E-state index contributed by atoms with van der Waals surface area (Å²) in [7, 11) is 0. The van der Waals surface area contributed by atoms with Gasteiger partial charge >= 0.3 is 6.01 Å². The summed E-state index contributed by atoms with van der Waals surface area (Å²) >= 11 is 0. The number of hydrogen-bond donors (Lipinski definition) is 1. The summed E-state index contributed by atoms with van der Waals surface area (Å²) in [5.74, 6) is 1.02. The second-order valence-corrected chi connectivity index (χ2v) is 5.09. The average molecular weight is 268 g/mol. The van der Waals surface area contributed by atoms with Gasteiger partial charge in [-0.3, -0.25) is 0 Å². The standard InChI is InChI=1S/C15H16N4O/c1-10(2)9-16-15-18-14(19-20-15)13-8-7-11-5-3-4-6-12(11)17-13/h3-8,10H,9H2,1-2H3,(H,16,18,19). The van der Waals surface area contributed by atoms with Gasteiger partial charge in [-0.1, -0.05) is 43.3 Å². The quantitative estimate of drug-likeness (QED) is 0.786. The zero-order valence-corrected chi connectivity index (χ0v) is 11.5. The number of para-hydroxylation sites is 1. The fraction of sp³-hybridized carbons (Fsp3) is 0.267. The molecule has 0 spiro atoms. The first-order valence-corrected chi connectivity index (χ1v) is 6.66. The monoisotopic (exact) mass is 268 g/mol. The van der Waals surface area contributed by atoms with Crippen LogP contribution in [-0.2, 0) is 0 Å². The molecule has 3 aromatic rings. The van der Waals surface area contributed by atoms with Crippen molar-refractivity contribution in [3.8, 4) is 11.5 Å². The maximum atomic E-state index is 5.17. The molecule has 0 aliphatic rings. The Balaban J connectivity index is 1.87. The van der Waals surface area contributed by atoms with Crippen molar-refractivity contribution in [2.45, 2.75) is 13.8 Å². The van der Waals surface area contributed by atoms with Crippen molar-refractivity contribution < 1.29 is 4.52 Å². The van der Waals surface area contributed by atoms with E-state index in [-0.39, 0.29) is 0 Å². The Morgan fingerprint density at radius 3 is 2.80 bits per heavy atom. The van der Waals surface area contributed by atoms with Crippen molar-refractivity contribution in [1.82, 2.24) is 15.1 Å². The molecule has 1 aromatic carbocycles. The Bertz CT molecular complexity index is 720. The van der Waals surface area contributed by atoms with E-state index in [9.17, 15) is 0 Å². The molecule has 3 rings (SSSR count). The summed E-state index contributed by atoms with van der Waals surface area (Å²) in [5, 5.41) is 8.16. The van der Waals surface area contributed by atoms with E-state index in [2.05, 4.69) is 34.3 Å². The molecule has 0 aliphatic heterocycles. The SMILES string of the molecule is CC(C)CNc1nc(-c2ccc3ccccc3n2)no1. The number of anilines is 1. The van der Waals surface area contributed by atoms with Gasteiger partial charge in [0.25, 0.3) is 0 Å². The Kier molecular flexibility index (Phi) is 3.33. The molecule has 0 atom stereocenters. The zero-order valence-electron chi connectivity index (χ0n) is 11.5. The fourth-order valence-corrected chi connectivity index (χ4v) is 1.88. The summed E-state index contributed by atoms with van der Waals surface area (Å²) in [6.07, 6.45) is 0. The first-order chi connectivity index (χ1) is 9.72. The highest BCUT2D eigenvalue weighted by Crippen LogP contribution is 2.19. The van der Waals surface area contributed by atoms with Crippen LogP contribution in [0.3, 0.4) is 0 Å². The maximum Gasteiger partial charge on any atom is 0.321 e. The lowest BCUT2D eigenvalue weighted by atomic mass is 10.2. The second kappa shape index (κ2) is 5.28. The normalized spacial score (nSPS) is 11.2. The second-order valence-electron chi connectivity index (χ2n) is 5.09. The largest absolute Gasteiger partial charge is 0.337 e. The van der Waals surface area contributed by atoms with E-state index < -0.39 is 0 Å². The molecule has 2 heterocycles. The average Bonchev–Trinajstić information content (AvgIpc) is 2.93. The van der Waals surface area contributed by atoms with E-state index in [1.165, 1.54) is 0 Å². The number of nitrogens with zero attached hydrogens (tertiary/aromatic N) is 3. The van der Waals surface area contributed by atoms with E-state index >= 15 is 0 Å². The highest BCUT2D eigenvalue weighted by molar-refractivity contribution is 5.80. The highest BCUT2D eigenvalue weighted by atomic mass is 16.5. The molecule has 5 nitrogen and oxygen atoms in total. The molecule has 0 fully saturated rings. The highest BCUT2D eigenvalue weighted by Gasteiger charge is 2.10. The van der Waals surface area contributed by atoms with Crippen molar-refractivity contribution in [3.05, 3.63) is 36.4 Å². The molecular weight excluding hydrogens is 252 g/mol. The number of nitrogens with one attached hydrogen (secondary N) is 1. The van der Waals surface area contributed by atoms with E-state index in [0.29, 0.717) is 23.5 Å². The van der Waals surface area contributed by atoms with Gasteiger partial charge in [-0.2, -0.15) is 4.98 Å². The number of benzene rings is 1. The smallest absolute Gasteiger partial charge is 0.321 e. The molecule has 0 unspecified atom stereocenters. The third-order valence-corrected chi connectivity index (χ3v) is 2.92. The van der Waals surface area contributed by atoms with Crippen LogP contribution in [-0.4, -0.2) is 21.7 Å². The Labute approximate surface area is 117 Å². The van der Waals surface area contributed by atoms with Crippen LogP contribution in [0.5, 0.6) is 0 Å². The van der Waals surface area contributed by atoms with Gasteiger partial charge in [-0.25, -0.2) is 4.98 Å². The minimum atomic E-state index is 0.434. The van der Waals surface area contributed by atoms with Gasteiger partial charge in [-0.15, -0.1) is 0 Å². The van der Waals surface area contributed by atoms with E-state index in [0.717, 1.165) is 17.4 Å². The Morgan fingerprint density at radius 2 is 1.95 bits per heavy atom. The summed E-state index contributed by atoms with van der Waals surface area (Å²) < 4.78 is 5.17. The molecule has 0 radical (unpaired) electrons. The third-order valence-electron chi connectivity index (χ3n) is 2.92. The van der Waals surface area contributed by atoms with Crippen molar-refractivity contribution in [3.63, 3.8) is 0 Å². The zero-order chi connectivity index (χ0) is 13.9. The van der Waals surface area contributed by atoms with Gasteiger partial charge in [-0.05, 0) is 18.1 Å². The van der Waals surface area contributed by atoms with E-state index in [1.54, 1.807) is 0 Å². The molecule has 102 valence electrons. The van der Waals surface area contributed by atoms with Crippen LogP contribution in [0.2, 0.25) is 0 Å². The Hall–Kier alpha value is -2.43. The predicted molar refractivity (Wildman–Crippen MR) is 78.4 cm³/mol. The topological polar surface area (TPSA) is 63.8 Å². The molecule has 0 aliphatic carbocycles. The van der Waals surface area contributed by atoms with Crippen molar-refractivity contribution in [2.75, 3.05) is 11.9 Å². The van der Waals surface area contributed by atoms with E-state index in [1.807, 2.05) is 36.4 Å². The molecule has 2 aromatic heterocycles. The van der Waals surface area contributed by atoms with Gasteiger partial charge < -0.3 is 9.84 Å². The number of aromatic nitrogens is 3. The van der Waals surface area contributed by atoms with Crippen LogP contribution in [0, 0.1) is 5.92 Å².